The second-order valence-electron chi connectivity index (χ2n) is 7.10. The van der Waals surface area contributed by atoms with Gasteiger partial charge in [-0.1, -0.05) is 0 Å². The topological polar surface area (TPSA) is 97.2 Å². The molecule has 138 valence electrons. The van der Waals surface area contributed by atoms with Crippen LogP contribution in [-0.2, 0) is 0 Å². The maximum atomic E-state index is 13.4. The molecule has 8 nitrogen and oxygen atoms in total. The lowest BCUT2D eigenvalue weighted by molar-refractivity contribution is 0.191. The lowest BCUT2D eigenvalue weighted by atomic mass is 10.1. The summed E-state index contributed by atoms with van der Waals surface area (Å²) in [6, 6.07) is 2.98. The van der Waals surface area contributed by atoms with E-state index in [0.717, 1.165) is 0 Å². The number of aromatic amines is 1. The van der Waals surface area contributed by atoms with E-state index in [4.69, 9.17) is 4.74 Å². The van der Waals surface area contributed by atoms with Gasteiger partial charge >= 0.3 is 6.09 Å². The molecule has 27 heavy (non-hydrogen) atoms. The summed E-state index contributed by atoms with van der Waals surface area (Å²) in [7, 11) is 0. The van der Waals surface area contributed by atoms with E-state index in [0.29, 0.717) is 28.1 Å². The van der Waals surface area contributed by atoms with Gasteiger partial charge in [0.25, 0.3) is 0 Å². The molecule has 0 radical (unpaired) electrons. The lowest BCUT2D eigenvalue weighted by Crippen LogP contribution is -2.42. The van der Waals surface area contributed by atoms with Gasteiger partial charge in [0.15, 0.2) is 16.9 Å². The van der Waals surface area contributed by atoms with E-state index in [1.165, 1.54) is 24.8 Å². The van der Waals surface area contributed by atoms with Crippen molar-refractivity contribution in [3.05, 3.63) is 42.9 Å². The fourth-order valence-corrected chi connectivity index (χ4v) is 2.66. The number of hydrogen-bond donors (Lipinski definition) is 2. The average Bonchev–Trinajstić information content (AvgIpc) is 3.16. The number of halogens is 1. The quantitative estimate of drug-likeness (QED) is 0.566. The number of fused-ring (bicyclic) bond motifs is 2. The molecular formula is C18H17FN6O2. The largest absolute Gasteiger partial charge is 0.413 e. The maximum absolute atomic E-state index is 13.4. The van der Waals surface area contributed by atoms with Crippen LogP contribution in [-0.4, -0.2) is 36.0 Å². The van der Waals surface area contributed by atoms with Crippen LogP contribution in [0.1, 0.15) is 20.8 Å². The molecule has 0 bridgehead atoms. The molecule has 4 heterocycles. The van der Waals surface area contributed by atoms with Crippen LogP contribution in [0.2, 0.25) is 0 Å². The van der Waals surface area contributed by atoms with Crippen molar-refractivity contribution in [2.75, 3.05) is 0 Å². The van der Waals surface area contributed by atoms with Crippen LogP contribution in [0.3, 0.4) is 0 Å². The number of nitrogens with zero attached hydrogens (tertiary/aromatic N) is 4. The highest BCUT2D eigenvalue weighted by atomic mass is 19.1. The Morgan fingerprint density at radius 3 is 2.89 bits per heavy atom. The summed E-state index contributed by atoms with van der Waals surface area (Å²) in [6.45, 7) is 5.57. The second kappa shape index (κ2) is 6.04. The van der Waals surface area contributed by atoms with E-state index in [-0.39, 0.29) is 11.6 Å². The van der Waals surface area contributed by atoms with Gasteiger partial charge in [0.1, 0.15) is 23.5 Å². The molecular weight excluding hydrogens is 351 g/mol. The third kappa shape index (κ3) is 3.31. The molecule has 0 unspecified atom stereocenters. The highest BCUT2D eigenvalue weighted by molar-refractivity contribution is 5.85. The monoisotopic (exact) mass is 368 g/mol. The molecule has 2 N–H and O–H groups in total. The summed E-state index contributed by atoms with van der Waals surface area (Å²) in [4.78, 5) is 28.1. The van der Waals surface area contributed by atoms with Crippen LogP contribution in [0.15, 0.2) is 37.1 Å². The van der Waals surface area contributed by atoms with E-state index in [9.17, 15) is 9.18 Å². The normalized spacial score (nSPS) is 11.9. The van der Waals surface area contributed by atoms with Gasteiger partial charge in [-0.3, -0.25) is 0 Å². The van der Waals surface area contributed by atoms with Gasteiger partial charge in [-0.15, -0.1) is 0 Å². The summed E-state index contributed by atoms with van der Waals surface area (Å²) in [5.74, 6) is -0.102. The van der Waals surface area contributed by atoms with Crippen molar-refractivity contribution in [2.45, 2.75) is 26.3 Å². The predicted molar refractivity (Wildman–Crippen MR) is 96.9 cm³/mol. The highest BCUT2D eigenvalue weighted by Crippen LogP contribution is 2.27. The Labute approximate surface area is 153 Å². The summed E-state index contributed by atoms with van der Waals surface area (Å²) in [5.41, 5.74) is 2.18. The zero-order valence-electron chi connectivity index (χ0n) is 14.9. The first-order valence-corrected chi connectivity index (χ1v) is 8.27. The van der Waals surface area contributed by atoms with Gasteiger partial charge in [0.2, 0.25) is 0 Å². The molecule has 4 aromatic rings. The maximum Gasteiger partial charge on any atom is 0.413 e. The van der Waals surface area contributed by atoms with Gasteiger partial charge in [-0.2, -0.15) is 0 Å². The molecule has 4 aromatic heterocycles. The van der Waals surface area contributed by atoms with Crippen molar-refractivity contribution in [3.8, 4) is 17.1 Å². The Morgan fingerprint density at radius 1 is 1.30 bits per heavy atom. The van der Waals surface area contributed by atoms with Crippen LogP contribution in [0.5, 0.6) is 5.75 Å². The number of ether oxygens (including phenoxy) is 1. The molecule has 0 aliphatic heterocycles. The molecule has 0 fully saturated rings. The van der Waals surface area contributed by atoms with E-state index < -0.39 is 11.6 Å². The average molecular weight is 368 g/mol. The molecule has 0 spiro atoms. The SMILES string of the molecule is CC(C)(C)NC(=O)Oc1c[nH]c2ncc(-c3ncn4cc(F)ccc34)nc12. The molecule has 0 aliphatic carbocycles. The Bertz CT molecular complexity index is 1160. The molecule has 0 atom stereocenters. The number of hydrogen-bond acceptors (Lipinski definition) is 5. The van der Waals surface area contributed by atoms with Crippen LogP contribution >= 0.6 is 0 Å². The van der Waals surface area contributed by atoms with Crippen LogP contribution in [0.25, 0.3) is 28.1 Å². The van der Waals surface area contributed by atoms with E-state index in [1.807, 2.05) is 20.8 Å². The number of carbonyl (C=O) groups excluding carboxylic acids is 1. The number of rotatable bonds is 2. The zero-order chi connectivity index (χ0) is 19.2. The van der Waals surface area contributed by atoms with Crippen molar-refractivity contribution in [1.29, 1.82) is 0 Å². The van der Waals surface area contributed by atoms with Gasteiger partial charge in [0.05, 0.1) is 11.7 Å². The summed E-state index contributed by atoms with van der Waals surface area (Å²) in [6.07, 6.45) is 5.34. The number of amides is 1. The smallest absolute Gasteiger partial charge is 0.406 e. The van der Waals surface area contributed by atoms with Crippen molar-refractivity contribution in [2.24, 2.45) is 0 Å². The fourth-order valence-electron chi connectivity index (χ4n) is 2.66. The third-order valence-corrected chi connectivity index (χ3v) is 3.76. The van der Waals surface area contributed by atoms with Crippen LogP contribution < -0.4 is 10.1 Å². The number of carbonyl (C=O) groups is 1. The van der Waals surface area contributed by atoms with Gasteiger partial charge in [0, 0.05) is 17.9 Å². The number of nitrogens with one attached hydrogen (secondary N) is 2. The molecule has 0 aliphatic rings. The predicted octanol–water partition coefficient (Wildman–Crippen LogP) is 3.30. The van der Waals surface area contributed by atoms with Crippen LogP contribution in [0, 0.1) is 5.82 Å². The first-order valence-electron chi connectivity index (χ1n) is 8.27. The van der Waals surface area contributed by atoms with Gasteiger partial charge < -0.3 is 19.4 Å². The van der Waals surface area contributed by atoms with Crippen LogP contribution in [0.4, 0.5) is 9.18 Å². The first-order chi connectivity index (χ1) is 12.8. The highest BCUT2D eigenvalue weighted by Gasteiger charge is 2.19. The Balaban J connectivity index is 1.72. The standard InChI is InChI=1S/C18H17FN6O2/c1-18(2,3)24-17(26)27-13-7-21-16-15(13)23-11(6-20-16)14-12-5-4-10(19)8-25(12)9-22-14/h4-9H,1-3H3,(H,20,21)(H,24,26). The Morgan fingerprint density at radius 2 is 2.11 bits per heavy atom. The van der Waals surface area contributed by atoms with Crippen molar-refractivity contribution >= 4 is 22.8 Å². The minimum Gasteiger partial charge on any atom is -0.406 e. The molecule has 0 aromatic carbocycles. The minimum atomic E-state index is -0.585. The lowest BCUT2D eigenvalue weighted by Gasteiger charge is -2.19. The molecule has 1 amide bonds. The summed E-state index contributed by atoms with van der Waals surface area (Å²) in [5, 5.41) is 2.72. The number of imidazole rings is 1. The fraction of sp³-hybridized carbons (Fsp3) is 0.222. The van der Waals surface area contributed by atoms with Crippen molar-refractivity contribution < 1.29 is 13.9 Å². The molecule has 4 rings (SSSR count). The van der Waals surface area contributed by atoms with E-state index in [2.05, 4.69) is 25.3 Å². The number of H-pyrrole nitrogens is 1. The van der Waals surface area contributed by atoms with Gasteiger partial charge in [-0.25, -0.2) is 24.1 Å². The molecule has 9 heteroatoms. The Kier molecular flexibility index (Phi) is 3.79. The van der Waals surface area contributed by atoms with Gasteiger partial charge in [-0.05, 0) is 32.9 Å². The first kappa shape index (κ1) is 17.0. The Hall–Kier alpha value is -3.49. The number of pyridine rings is 1. The zero-order valence-corrected chi connectivity index (χ0v) is 14.9. The molecule has 0 saturated heterocycles. The molecule has 0 saturated carbocycles. The second-order valence-corrected chi connectivity index (χ2v) is 7.10. The third-order valence-electron chi connectivity index (χ3n) is 3.76. The summed E-state index contributed by atoms with van der Waals surface area (Å²) < 4.78 is 20.3. The van der Waals surface area contributed by atoms with E-state index in [1.54, 1.807) is 16.7 Å². The van der Waals surface area contributed by atoms with E-state index >= 15 is 0 Å². The number of aromatic nitrogens is 5. The summed E-state index contributed by atoms with van der Waals surface area (Å²) >= 11 is 0. The van der Waals surface area contributed by atoms with Crippen molar-refractivity contribution in [1.82, 2.24) is 29.7 Å². The van der Waals surface area contributed by atoms with Crippen molar-refractivity contribution in [3.63, 3.8) is 0 Å². The minimum absolute atomic E-state index is 0.260.